The fourth-order valence-electron chi connectivity index (χ4n) is 2.69. The van der Waals surface area contributed by atoms with Crippen molar-refractivity contribution in [3.63, 3.8) is 0 Å². The number of rotatable bonds is 6. The first kappa shape index (κ1) is 22.5. The number of aliphatic hydroxyl groups is 1. The first-order valence-electron chi connectivity index (χ1n) is 8.82. The second-order valence-electron chi connectivity index (χ2n) is 7.10. The van der Waals surface area contributed by atoms with Crippen molar-refractivity contribution < 1.29 is 23.0 Å². The van der Waals surface area contributed by atoms with Crippen LogP contribution in [0.5, 0.6) is 5.75 Å². The molecule has 0 saturated carbocycles. The van der Waals surface area contributed by atoms with Crippen LogP contribution in [0.15, 0.2) is 59.0 Å². The second kappa shape index (κ2) is 8.49. The SMILES string of the molecule is Cn1cnc(-c2ccc(OC(C)(C)C(O)C(F)(F)F)cc2)c1Sc1ccc(Cl)cn1. The third-order valence-electron chi connectivity index (χ3n) is 4.26. The Morgan fingerprint density at radius 3 is 2.33 bits per heavy atom. The Kier molecular flexibility index (Phi) is 6.35. The van der Waals surface area contributed by atoms with Crippen molar-refractivity contribution >= 4 is 23.4 Å². The van der Waals surface area contributed by atoms with Gasteiger partial charge in [-0.1, -0.05) is 11.6 Å². The van der Waals surface area contributed by atoms with Gasteiger partial charge in [0.25, 0.3) is 0 Å². The molecule has 0 radical (unpaired) electrons. The maximum atomic E-state index is 12.8. The molecule has 10 heteroatoms. The molecule has 3 rings (SSSR count). The third-order valence-corrected chi connectivity index (χ3v) is 5.61. The first-order chi connectivity index (χ1) is 14.0. The smallest absolute Gasteiger partial charge is 0.418 e. The van der Waals surface area contributed by atoms with E-state index in [1.807, 2.05) is 11.6 Å². The van der Waals surface area contributed by atoms with E-state index in [0.717, 1.165) is 15.6 Å². The number of pyridine rings is 1. The van der Waals surface area contributed by atoms with Gasteiger partial charge in [0, 0.05) is 18.8 Å². The molecular weight excluding hydrogens is 439 g/mol. The van der Waals surface area contributed by atoms with E-state index >= 15 is 0 Å². The third kappa shape index (κ3) is 5.08. The molecular formula is C20H19ClF3N3O2S. The molecule has 1 N–H and O–H groups in total. The van der Waals surface area contributed by atoms with E-state index in [1.165, 1.54) is 25.6 Å². The number of hydrogen-bond donors (Lipinski definition) is 1. The van der Waals surface area contributed by atoms with Gasteiger partial charge < -0.3 is 14.4 Å². The highest BCUT2D eigenvalue weighted by molar-refractivity contribution is 7.99. The summed E-state index contributed by atoms with van der Waals surface area (Å²) in [5.74, 6) is 0.205. The highest BCUT2D eigenvalue weighted by Gasteiger charge is 2.49. The van der Waals surface area contributed by atoms with Crippen LogP contribution in [0.3, 0.4) is 0 Å². The minimum Gasteiger partial charge on any atom is -0.485 e. The Bertz CT molecular complexity index is 1010. The standard InChI is InChI=1S/C20H19ClF3N3O2S/c1-19(2,18(28)20(22,23)24)29-14-7-4-12(5-8-14)16-17(27(3)11-26-16)30-15-9-6-13(21)10-25-15/h4-11,18,28H,1-3H3. The number of aromatic nitrogens is 3. The predicted molar refractivity (Wildman–Crippen MR) is 109 cm³/mol. The van der Waals surface area contributed by atoms with Crippen LogP contribution in [0.1, 0.15) is 13.8 Å². The molecule has 160 valence electrons. The van der Waals surface area contributed by atoms with Crippen LogP contribution in [0.4, 0.5) is 13.2 Å². The lowest BCUT2D eigenvalue weighted by molar-refractivity contribution is -0.243. The minimum atomic E-state index is -4.78. The van der Waals surface area contributed by atoms with E-state index < -0.39 is 17.9 Å². The Balaban J connectivity index is 1.81. The summed E-state index contributed by atoms with van der Waals surface area (Å²) in [5, 5.41) is 11.6. The summed E-state index contributed by atoms with van der Waals surface area (Å²) < 4.78 is 45.7. The van der Waals surface area contributed by atoms with Gasteiger partial charge in [0.15, 0.2) is 6.10 Å². The summed E-state index contributed by atoms with van der Waals surface area (Å²) in [6.07, 6.45) is -4.17. The number of hydrogen-bond acceptors (Lipinski definition) is 5. The maximum absolute atomic E-state index is 12.8. The summed E-state index contributed by atoms with van der Waals surface area (Å²) in [7, 11) is 1.85. The van der Waals surface area contributed by atoms with E-state index in [4.69, 9.17) is 16.3 Å². The van der Waals surface area contributed by atoms with Crippen LogP contribution in [0.25, 0.3) is 11.3 Å². The summed E-state index contributed by atoms with van der Waals surface area (Å²) in [4.78, 5) is 8.70. The Hall–Kier alpha value is -2.23. The molecule has 2 aromatic heterocycles. The minimum absolute atomic E-state index is 0.205. The van der Waals surface area contributed by atoms with Gasteiger partial charge in [-0.25, -0.2) is 9.97 Å². The molecule has 0 spiro atoms. The zero-order chi connectivity index (χ0) is 22.1. The van der Waals surface area contributed by atoms with Crippen LogP contribution in [0, 0.1) is 0 Å². The molecule has 30 heavy (non-hydrogen) atoms. The molecule has 1 atom stereocenters. The Morgan fingerprint density at radius 1 is 1.10 bits per heavy atom. The van der Waals surface area contributed by atoms with Gasteiger partial charge >= 0.3 is 6.18 Å². The van der Waals surface area contributed by atoms with Gasteiger partial charge in [-0.2, -0.15) is 13.2 Å². The van der Waals surface area contributed by atoms with Gasteiger partial charge in [0.2, 0.25) is 0 Å². The van der Waals surface area contributed by atoms with E-state index in [9.17, 15) is 18.3 Å². The molecule has 1 aromatic carbocycles. The monoisotopic (exact) mass is 457 g/mol. The molecule has 5 nitrogen and oxygen atoms in total. The summed E-state index contributed by atoms with van der Waals surface area (Å²) in [6, 6.07) is 10.0. The number of halogens is 4. The van der Waals surface area contributed by atoms with Crippen LogP contribution < -0.4 is 4.74 Å². The van der Waals surface area contributed by atoms with Crippen LogP contribution in [0.2, 0.25) is 5.02 Å². The van der Waals surface area contributed by atoms with Crippen molar-refractivity contribution in [2.24, 2.45) is 7.05 Å². The zero-order valence-electron chi connectivity index (χ0n) is 16.3. The molecule has 0 fully saturated rings. The quantitative estimate of drug-likeness (QED) is 0.539. The maximum Gasteiger partial charge on any atom is 0.418 e. The number of aliphatic hydroxyl groups excluding tert-OH is 1. The predicted octanol–water partition coefficient (Wildman–Crippen LogP) is 5.37. The number of alkyl halides is 3. The van der Waals surface area contributed by atoms with Gasteiger partial charge in [-0.15, -0.1) is 0 Å². The number of nitrogens with zero attached hydrogens (tertiary/aromatic N) is 3. The van der Waals surface area contributed by atoms with Crippen molar-refractivity contribution in [1.29, 1.82) is 0 Å². The van der Waals surface area contributed by atoms with E-state index in [2.05, 4.69) is 9.97 Å². The molecule has 3 aromatic rings. The topological polar surface area (TPSA) is 60.2 Å². The molecule has 0 aliphatic rings. The average Bonchev–Trinajstić information content (AvgIpc) is 3.03. The van der Waals surface area contributed by atoms with Gasteiger partial charge in [-0.3, -0.25) is 0 Å². The lowest BCUT2D eigenvalue weighted by Crippen LogP contribution is -2.50. The number of ether oxygens (including phenoxy) is 1. The number of aryl methyl sites for hydroxylation is 1. The fourth-order valence-corrected chi connectivity index (χ4v) is 3.70. The molecule has 0 amide bonds. The van der Waals surface area contributed by atoms with Crippen LogP contribution in [-0.4, -0.2) is 37.5 Å². The lowest BCUT2D eigenvalue weighted by atomic mass is 10.0. The van der Waals surface area contributed by atoms with Crippen molar-refractivity contribution in [3.05, 3.63) is 53.9 Å². The fraction of sp³-hybridized carbons (Fsp3) is 0.300. The highest BCUT2D eigenvalue weighted by Crippen LogP contribution is 2.36. The van der Waals surface area contributed by atoms with Crippen molar-refractivity contribution in [2.75, 3.05) is 0 Å². The van der Waals surface area contributed by atoms with Crippen molar-refractivity contribution in [2.45, 2.75) is 41.8 Å². The van der Waals surface area contributed by atoms with Gasteiger partial charge in [0.1, 0.15) is 27.1 Å². The lowest BCUT2D eigenvalue weighted by Gasteiger charge is -2.32. The average molecular weight is 458 g/mol. The molecule has 2 heterocycles. The van der Waals surface area contributed by atoms with Crippen LogP contribution >= 0.6 is 23.4 Å². The van der Waals surface area contributed by atoms with Crippen molar-refractivity contribution in [3.8, 4) is 17.0 Å². The molecule has 0 aliphatic heterocycles. The second-order valence-corrected chi connectivity index (χ2v) is 8.55. The molecule has 0 aliphatic carbocycles. The first-order valence-corrected chi connectivity index (χ1v) is 10.0. The van der Waals surface area contributed by atoms with Crippen LogP contribution in [-0.2, 0) is 7.05 Å². The molecule has 1 unspecified atom stereocenters. The molecule has 0 bridgehead atoms. The Labute approximate surface area is 180 Å². The van der Waals surface area contributed by atoms with E-state index in [0.29, 0.717) is 10.7 Å². The highest BCUT2D eigenvalue weighted by atomic mass is 35.5. The van der Waals surface area contributed by atoms with E-state index in [1.54, 1.807) is 48.9 Å². The van der Waals surface area contributed by atoms with Crippen molar-refractivity contribution in [1.82, 2.24) is 14.5 Å². The summed E-state index contributed by atoms with van der Waals surface area (Å²) in [6.45, 7) is 2.37. The normalized spacial score (nSPS) is 13.3. The largest absolute Gasteiger partial charge is 0.485 e. The summed E-state index contributed by atoms with van der Waals surface area (Å²) in [5.41, 5.74) is -0.388. The zero-order valence-corrected chi connectivity index (χ0v) is 17.9. The van der Waals surface area contributed by atoms with E-state index in [-0.39, 0.29) is 5.75 Å². The number of benzene rings is 1. The summed E-state index contributed by atoms with van der Waals surface area (Å²) >= 11 is 7.29. The van der Waals surface area contributed by atoms with Gasteiger partial charge in [0.05, 0.1) is 11.3 Å². The molecule has 0 saturated heterocycles. The van der Waals surface area contributed by atoms with Gasteiger partial charge in [-0.05, 0) is 62.0 Å². The number of imidazole rings is 1. The Morgan fingerprint density at radius 2 is 1.77 bits per heavy atom.